The first-order valence-corrected chi connectivity index (χ1v) is 9.65. The number of nitrogens with zero attached hydrogens (tertiary/aromatic N) is 2. The van der Waals surface area contributed by atoms with Crippen molar-refractivity contribution in [3.8, 4) is 0 Å². The van der Waals surface area contributed by atoms with Gasteiger partial charge in [-0.25, -0.2) is 0 Å². The molecule has 0 aromatic heterocycles. The van der Waals surface area contributed by atoms with Crippen molar-refractivity contribution in [2.45, 2.75) is 24.8 Å². The van der Waals surface area contributed by atoms with Crippen molar-refractivity contribution in [1.29, 1.82) is 0 Å². The van der Waals surface area contributed by atoms with Crippen LogP contribution < -0.4 is 15.5 Å². The van der Waals surface area contributed by atoms with Crippen molar-refractivity contribution in [2.75, 3.05) is 31.6 Å². The van der Waals surface area contributed by atoms with Crippen LogP contribution in [-0.2, 0) is 0 Å². The Hall–Kier alpha value is -2.49. The minimum absolute atomic E-state index is 0.450. The van der Waals surface area contributed by atoms with Crippen LogP contribution in [0.15, 0.2) is 65.7 Å². The molecule has 1 aliphatic carbocycles. The number of para-hydroxylation sites is 1. The molecule has 2 N–H and O–H groups in total. The van der Waals surface area contributed by atoms with E-state index in [9.17, 15) is 0 Å². The summed E-state index contributed by atoms with van der Waals surface area (Å²) in [7, 11) is 1.86. The normalized spacial score (nSPS) is 25.2. The Kier molecular flexibility index (Phi) is 5.09. The van der Waals surface area contributed by atoms with Crippen molar-refractivity contribution in [2.24, 2.45) is 10.9 Å². The van der Waals surface area contributed by atoms with E-state index in [-0.39, 0.29) is 0 Å². The Bertz CT molecular complexity index is 728. The highest BCUT2D eigenvalue weighted by atomic mass is 15.2. The van der Waals surface area contributed by atoms with E-state index in [1.807, 2.05) is 7.05 Å². The Morgan fingerprint density at radius 1 is 1.08 bits per heavy atom. The number of hydrogen-bond donors (Lipinski definition) is 2. The summed E-state index contributed by atoms with van der Waals surface area (Å²) >= 11 is 0. The highest BCUT2D eigenvalue weighted by molar-refractivity contribution is 5.80. The van der Waals surface area contributed by atoms with Crippen molar-refractivity contribution in [3.63, 3.8) is 0 Å². The third-order valence-corrected chi connectivity index (χ3v) is 5.56. The molecule has 0 radical (unpaired) electrons. The molecule has 3 unspecified atom stereocenters. The molecule has 2 aromatic rings. The second-order valence-corrected chi connectivity index (χ2v) is 7.38. The molecule has 1 saturated heterocycles. The molecule has 26 heavy (non-hydrogen) atoms. The van der Waals surface area contributed by atoms with Gasteiger partial charge in [-0.1, -0.05) is 48.5 Å². The van der Waals surface area contributed by atoms with Crippen LogP contribution in [-0.4, -0.2) is 38.7 Å². The van der Waals surface area contributed by atoms with Crippen molar-refractivity contribution >= 4 is 11.6 Å². The van der Waals surface area contributed by atoms with Gasteiger partial charge in [-0.2, -0.15) is 0 Å². The van der Waals surface area contributed by atoms with Gasteiger partial charge >= 0.3 is 0 Å². The topological polar surface area (TPSA) is 39.7 Å². The molecule has 0 spiro atoms. The van der Waals surface area contributed by atoms with E-state index < -0.39 is 0 Å². The SMILES string of the molecule is CN=C(NCC1CC1c1ccccc1)NC1CCN(c2ccccc2)C1. The lowest BCUT2D eigenvalue weighted by atomic mass is 10.1. The molecule has 3 atom stereocenters. The van der Waals surface area contributed by atoms with Gasteiger partial charge < -0.3 is 15.5 Å². The van der Waals surface area contributed by atoms with E-state index in [4.69, 9.17) is 0 Å². The fraction of sp³-hybridized carbons (Fsp3) is 0.409. The summed E-state index contributed by atoms with van der Waals surface area (Å²) < 4.78 is 0. The van der Waals surface area contributed by atoms with Crippen LogP contribution in [0, 0.1) is 5.92 Å². The summed E-state index contributed by atoms with van der Waals surface area (Å²) in [6, 6.07) is 22.0. The highest BCUT2D eigenvalue weighted by Gasteiger charge is 2.38. The second kappa shape index (κ2) is 7.81. The zero-order valence-electron chi connectivity index (χ0n) is 15.4. The molecule has 4 heteroatoms. The molecule has 1 aliphatic heterocycles. The zero-order valence-corrected chi connectivity index (χ0v) is 15.4. The Morgan fingerprint density at radius 2 is 1.81 bits per heavy atom. The Morgan fingerprint density at radius 3 is 2.54 bits per heavy atom. The van der Waals surface area contributed by atoms with Gasteiger partial charge in [-0.05, 0) is 42.4 Å². The molecular weight excluding hydrogens is 320 g/mol. The summed E-state index contributed by atoms with van der Waals surface area (Å²) in [4.78, 5) is 6.86. The molecule has 2 fully saturated rings. The van der Waals surface area contributed by atoms with Crippen molar-refractivity contribution in [3.05, 3.63) is 66.2 Å². The summed E-state index contributed by atoms with van der Waals surface area (Å²) in [5.74, 6) is 2.37. The molecule has 1 heterocycles. The van der Waals surface area contributed by atoms with Crippen LogP contribution in [0.3, 0.4) is 0 Å². The minimum Gasteiger partial charge on any atom is -0.369 e. The summed E-state index contributed by atoms with van der Waals surface area (Å²) in [6.45, 7) is 3.12. The van der Waals surface area contributed by atoms with Gasteiger partial charge in [0, 0.05) is 38.4 Å². The van der Waals surface area contributed by atoms with Gasteiger partial charge in [0.1, 0.15) is 0 Å². The third-order valence-electron chi connectivity index (χ3n) is 5.56. The van der Waals surface area contributed by atoms with Gasteiger partial charge in [0.15, 0.2) is 5.96 Å². The lowest BCUT2D eigenvalue weighted by Crippen LogP contribution is -2.45. The Balaban J connectivity index is 1.23. The molecule has 136 valence electrons. The number of aliphatic imine (C=N–C) groups is 1. The molecule has 4 nitrogen and oxygen atoms in total. The summed E-state index contributed by atoms with van der Waals surface area (Å²) in [6.07, 6.45) is 2.42. The first-order chi connectivity index (χ1) is 12.8. The molecule has 1 saturated carbocycles. The van der Waals surface area contributed by atoms with E-state index in [1.165, 1.54) is 17.7 Å². The quantitative estimate of drug-likeness (QED) is 0.644. The monoisotopic (exact) mass is 348 g/mol. The first-order valence-electron chi connectivity index (χ1n) is 9.65. The van der Waals surface area contributed by atoms with Crippen LogP contribution >= 0.6 is 0 Å². The van der Waals surface area contributed by atoms with E-state index in [2.05, 4.69) is 81.2 Å². The van der Waals surface area contributed by atoms with E-state index in [1.54, 1.807) is 0 Å². The molecule has 4 rings (SSSR count). The van der Waals surface area contributed by atoms with Crippen molar-refractivity contribution in [1.82, 2.24) is 10.6 Å². The smallest absolute Gasteiger partial charge is 0.191 e. The average molecular weight is 348 g/mol. The highest BCUT2D eigenvalue weighted by Crippen LogP contribution is 2.46. The fourth-order valence-corrected chi connectivity index (χ4v) is 3.95. The number of benzene rings is 2. The standard InChI is InChI=1S/C22H28N4/c1-23-22(24-15-18-14-21(18)17-8-4-2-5-9-17)25-19-12-13-26(16-19)20-10-6-3-7-11-20/h2-11,18-19,21H,12-16H2,1H3,(H2,23,24,25). The number of hydrogen-bond acceptors (Lipinski definition) is 2. The zero-order chi connectivity index (χ0) is 17.8. The van der Waals surface area contributed by atoms with Crippen LogP contribution in [0.25, 0.3) is 0 Å². The van der Waals surface area contributed by atoms with E-state index >= 15 is 0 Å². The average Bonchev–Trinajstić information content (AvgIpc) is 3.34. The number of rotatable bonds is 5. The maximum Gasteiger partial charge on any atom is 0.191 e. The maximum atomic E-state index is 4.42. The van der Waals surface area contributed by atoms with Crippen molar-refractivity contribution < 1.29 is 0 Å². The Labute approximate surface area is 156 Å². The van der Waals surface area contributed by atoms with Gasteiger partial charge in [0.25, 0.3) is 0 Å². The van der Waals surface area contributed by atoms with Crippen LogP contribution in [0.5, 0.6) is 0 Å². The van der Waals surface area contributed by atoms with Crippen LogP contribution in [0.1, 0.15) is 24.3 Å². The lowest BCUT2D eigenvalue weighted by molar-refractivity contribution is 0.638. The van der Waals surface area contributed by atoms with Gasteiger partial charge in [-0.3, -0.25) is 4.99 Å². The number of anilines is 1. The summed E-state index contributed by atoms with van der Waals surface area (Å²) in [5.41, 5.74) is 2.78. The first kappa shape index (κ1) is 17.0. The molecule has 2 aliphatic rings. The maximum absolute atomic E-state index is 4.42. The molecule has 2 aromatic carbocycles. The van der Waals surface area contributed by atoms with Gasteiger partial charge in [0.05, 0.1) is 0 Å². The van der Waals surface area contributed by atoms with Crippen LogP contribution in [0.2, 0.25) is 0 Å². The van der Waals surface area contributed by atoms with E-state index in [0.717, 1.165) is 37.9 Å². The number of guanidine groups is 1. The lowest BCUT2D eigenvalue weighted by Gasteiger charge is -2.20. The minimum atomic E-state index is 0.450. The second-order valence-electron chi connectivity index (χ2n) is 7.38. The number of nitrogens with one attached hydrogen (secondary N) is 2. The molecular formula is C22H28N4. The molecule has 0 bridgehead atoms. The van der Waals surface area contributed by atoms with Gasteiger partial charge in [0.2, 0.25) is 0 Å². The van der Waals surface area contributed by atoms with Crippen LogP contribution in [0.4, 0.5) is 5.69 Å². The fourth-order valence-electron chi connectivity index (χ4n) is 3.95. The third kappa shape index (κ3) is 4.01. The van der Waals surface area contributed by atoms with E-state index in [0.29, 0.717) is 12.0 Å². The predicted molar refractivity (Wildman–Crippen MR) is 109 cm³/mol. The summed E-state index contributed by atoms with van der Waals surface area (Å²) in [5, 5.41) is 7.13. The largest absolute Gasteiger partial charge is 0.369 e. The van der Waals surface area contributed by atoms with Gasteiger partial charge in [-0.15, -0.1) is 0 Å². The predicted octanol–water partition coefficient (Wildman–Crippen LogP) is 3.23. The molecule has 0 amide bonds.